The van der Waals surface area contributed by atoms with Crippen LogP contribution in [-0.4, -0.2) is 32.8 Å². The van der Waals surface area contributed by atoms with E-state index in [1.807, 2.05) is 6.20 Å². The van der Waals surface area contributed by atoms with Gasteiger partial charge in [-0.1, -0.05) is 25.7 Å². The molecule has 4 nitrogen and oxygen atoms in total. The number of fused-ring (bicyclic) bond motifs is 1. The number of carbonyl (C=O) groups is 1. The maximum atomic E-state index is 13.2. The number of aromatic nitrogens is 2. The van der Waals surface area contributed by atoms with Crippen molar-refractivity contribution in [2.24, 2.45) is 5.92 Å². The fourth-order valence-electron chi connectivity index (χ4n) is 4.67. The summed E-state index contributed by atoms with van der Waals surface area (Å²) < 4.78 is 15.3. The Balaban J connectivity index is 1.25. The summed E-state index contributed by atoms with van der Waals surface area (Å²) in [6.07, 6.45) is 12.2. The van der Waals surface area contributed by atoms with Gasteiger partial charge in [-0.05, 0) is 49.4 Å². The molecule has 2 aromatic heterocycles. The van der Waals surface area contributed by atoms with Gasteiger partial charge in [-0.25, -0.2) is 9.37 Å². The first-order valence-electron chi connectivity index (χ1n) is 11.2. The Labute approximate surface area is 180 Å². The molecule has 6 heteroatoms. The van der Waals surface area contributed by atoms with E-state index in [0.717, 1.165) is 54.4 Å². The summed E-state index contributed by atoms with van der Waals surface area (Å²) in [6.45, 7) is 0.782. The molecule has 0 N–H and O–H groups in total. The number of nitrogens with zero attached hydrogens (tertiary/aromatic N) is 3. The fraction of sp³-hybridized carbons (Fsp3) is 0.500. The summed E-state index contributed by atoms with van der Waals surface area (Å²) in [6, 6.07) is 6.91. The number of carbonyl (C=O) groups excluding carboxylic acids is 1. The quantitative estimate of drug-likeness (QED) is 0.464. The van der Waals surface area contributed by atoms with Gasteiger partial charge >= 0.3 is 0 Å². The van der Waals surface area contributed by atoms with Crippen LogP contribution in [0.15, 0.2) is 35.8 Å². The predicted molar refractivity (Wildman–Crippen MR) is 118 cm³/mol. The number of benzene rings is 1. The van der Waals surface area contributed by atoms with E-state index in [9.17, 15) is 9.18 Å². The van der Waals surface area contributed by atoms with Gasteiger partial charge in [0.15, 0.2) is 4.96 Å². The van der Waals surface area contributed by atoms with Gasteiger partial charge in [0.05, 0.1) is 5.69 Å². The van der Waals surface area contributed by atoms with Crippen LogP contribution in [0.2, 0.25) is 0 Å². The number of rotatable bonds is 8. The number of imidazole rings is 1. The van der Waals surface area contributed by atoms with Crippen LogP contribution in [0.4, 0.5) is 4.39 Å². The third-order valence-corrected chi connectivity index (χ3v) is 7.47. The van der Waals surface area contributed by atoms with Crippen molar-refractivity contribution in [2.45, 2.75) is 63.8 Å². The molecular weight excluding hydrogens is 397 g/mol. The first-order chi connectivity index (χ1) is 14.7. The lowest BCUT2D eigenvalue weighted by Gasteiger charge is -2.23. The van der Waals surface area contributed by atoms with Gasteiger partial charge in [0.2, 0.25) is 5.91 Å². The monoisotopic (exact) mass is 425 g/mol. The molecule has 0 spiro atoms. The van der Waals surface area contributed by atoms with Crippen molar-refractivity contribution >= 4 is 22.2 Å². The second-order valence-electron chi connectivity index (χ2n) is 8.77. The minimum absolute atomic E-state index is 0.238. The Kier molecular flexibility index (Phi) is 5.59. The molecule has 0 aliphatic heterocycles. The van der Waals surface area contributed by atoms with Crippen molar-refractivity contribution in [1.82, 2.24) is 14.3 Å². The maximum Gasteiger partial charge on any atom is 0.222 e. The molecule has 30 heavy (non-hydrogen) atoms. The minimum Gasteiger partial charge on any atom is -0.339 e. The third kappa shape index (κ3) is 4.29. The van der Waals surface area contributed by atoms with E-state index >= 15 is 0 Å². The molecule has 2 aliphatic rings. The van der Waals surface area contributed by atoms with Crippen molar-refractivity contribution in [2.75, 3.05) is 6.54 Å². The summed E-state index contributed by atoms with van der Waals surface area (Å²) in [5.41, 5.74) is 2.96. The average molecular weight is 426 g/mol. The Morgan fingerprint density at radius 1 is 1.17 bits per heavy atom. The third-order valence-electron chi connectivity index (χ3n) is 6.58. The molecule has 5 rings (SSSR count). The number of thiazole rings is 1. The second-order valence-corrected chi connectivity index (χ2v) is 9.61. The minimum atomic E-state index is -0.238. The van der Waals surface area contributed by atoms with Crippen LogP contribution < -0.4 is 0 Å². The van der Waals surface area contributed by atoms with E-state index < -0.39 is 0 Å². The second kappa shape index (κ2) is 8.50. The van der Waals surface area contributed by atoms with Crippen LogP contribution >= 0.6 is 11.3 Å². The van der Waals surface area contributed by atoms with E-state index in [1.165, 1.54) is 43.5 Å². The number of halogens is 1. The van der Waals surface area contributed by atoms with Crippen molar-refractivity contribution < 1.29 is 9.18 Å². The largest absolute Gasteiger partial charge is 0.339 e. The predicted octanol–water partition coefficient (Wildman–Crippen LogP) is 5.71. The van der Waals surface area contributed by atoms with Gasteiger partial charge in [-0.3, -0.25) is 9.20 Å². The summed E-state index contributed by atoms with van der Waals surface area (Å²) in [7, 11) is 0. The Morgan fingerprint density at radius 2 is 1.93 bits per heavy atom. The van der Waals surface area contributed by atoms with Gasteiger partial charge in [-0.2, -0.15) is 0 Å². The number of hydrogen-bond acceptors (Lipinski definition) is 3. The smallest absolute Gasteiger partial charge is 0.222 e. The molecule has 1 amide bonds. The highest BCUT2D eigenvalue weighted by Crippen LogP contribution is 2.32. The van der Waals surface area contributed by atoms with Gasteiger partial charge in [0, 0.05) is 48.3 Å². The van der Waals surface area contributed by atoms with E-state index in [2.05, 4.69) is 14.7 Å². The van der Waals surface area contributed by atoms with Gasteiger partial charge in [0.1, 0.15) is 5.82 Å². The van der Waals surface area contributed by atoms with Gasteiger partial charge < -0.3 is 4.90 Å². The van der Waals surface area contributed by atoms with Crippen LogP contribution in [0.3, 0.4) is 0 Å². The highest BCUT2D eigenvalue weighted by molar-refractivity contribution is 7.15. The Morgan fingerprint density at radius 3 is 2.67 bits per heavy atom. The molecule has 2 saturated carbocycles. The highest BCUT2D eigenvalue weighted by Gasteiger charge is 2.32. The Bertz CT molecular complexity index is 1010. The number of amides is 1. The molecule has 2 fully saturated rings. The molecule has 1 aromatic carbocycles. The van der Waals surface area contributed by atoms with E-state index in [-0.39, 0.29) is 5.82 Å². The lowest BCUT2D eigenvalue weighted by Crippen LogP contribution is -2.35. The molecule has 158 valence electrons. The van der Waals surface area contributed by atoms with Crippen molar-refractivity contribution in [3.63, 3.8) is 0 Å². The van der Waals surface area contributed by atoms with Crippen LogP contribution in [-0.2, 0) is 11.2 Å². The molecule has 0 radical (unpaired) electrons. The first-order valence-corrected chi connectivity index (χ1v) is 12.1. The van der Waals surface area contributed by atoms with E-state index in [0.29, 0.717) is 18.4 Å². The SMILES string of the molecule is O=C(CCC1CCCC1)N(CCc1csc2nc(-c3ccc(F)cc3)cn12)C1CC1. The molecule has 0 bridgehead atoms. The molecule has 2 aliphatic carbocycles. The molecule has 0 atom stereocenters. The van der Waals surface area contributed by atoms with Crippen LogP contribution in [0.1, 0.15) is 57.1 Å². The molecular formula is C24H28FN3OS. The van der Waals surface area contributed by atoms with E-state index in [4.69, 9.17) is 4.98 Å². The normalized spacial score (nSPS) is 17.1. The molecule has 0 unspecified atom stereocenters. The average Bonchev–Trinajstić information content (AvgIpc) is 3.14. The zero-order chi connectivity index (χ0) is 20.5. The zero-order valence-corrected chi connectivity index (χ0v) is 18.0. The van der Waals surface area contributed by atoms with Crippen LogP contribution in [0.5, 0.6) is 0 Å². The molecule has 2 heterocycles. The highest BCUT2D eigenvalue weighted by atomic mass is 32.1. The maximum absolute atomic E-state index is 13.2. The molecule has 3 aromatic rings. The van der Waals surface area contributed by atoms with Crippen molar-refractivity contribution in [3.05, 3.63) is 47.4 Å². The fourth-order valence-corrected chi connectivity index (χ4v) is 5.58. The van der Waals surface area contributed by atoms with Gasteiger partial charge in [0.25, 0.3) is 0 Å². The molecule has 0 saturated heterocycles. The first kappa shape index (κ1) is 19.7. The summed E-state index contributed by atoms with van der Waals surface area (Å²) in [4.78, 5) is 20.7. The van der Waals surface area contributed by atoms with Crippen molar-refractivity contribution in [1.29, 1.82) is 0 Å². The Hall–Kier alpha value is -2.21. The van der Waals surface area contributed by atoms with Crippen molar-refractivity contribution in [3.8, 4) is 11.3 Å². The summed E-state index contributed by atoms with van der Waals surface area (Å²) in [5, 5.41) is 2.14. The topological polar surface area (TPSA) is 37.6 Å². The van der Waals surface area contributed by atoms with Crippen LogP contribution in [0.25, 0.3) is 16.2 Å². The lowest BCUT2D eigenvalue weighted by molar-refractivity contribution is -0.132. The zero-order valence-electron chi connectivity index (χ0n) is 17.2. The lowest BCUT2D eigenvalue weighted by atomic mass is 10.0. The van der Waals surface area contributed by atoms with E-state index in [1.54, 1.807) is 23.5 Å². The van der Waals surface area contributed by atoms with Crippen LogP contribution in [0, 0.1) is 11.7 Å². The summed E-state index contributed by atoms with van der Waals surface area (Å²) in [5.74, 6) is 0.870. The number of hydrogen-bond donors (Lipinski definition) is 0. The summed E-state index contributed by atoms with van der Waals surface area (Å²) >= 11 is 1.62. The van der Waals surface area contributed by atoms with Gasteiger partial charge in [-0.15, -0.1) is 11.3 Å². The standard InChI is InChI=1S/C24H28FN3OS/c25-19-8-6-18(7-9-19)22-15-28-21(16-30-24(28)26-22)13-14-27(20-10-11-20)23(29)12-5-17-3-1-2-4-17/h6-9,15-17,20H,1-5,10-14H2.